The molecule has 1 heterocycles. The van der Waals surface area contributed by atoms with Crippen LogP contribution in [0.4, 0.5) is 20.2 Å². The van der Waals surface area contributed by atoms with Crippen LogP contribution in [0.2, 0.25) is 0 Å². The molecule has 1 aromatic carbocycles. The van der Waals surface area contributed by atoms with Gasteiger partial charge in [0.25, 0.3) is 11.7 Å². The van der Waals surface area contributed by atoms with E-state index in [4.69, 9.17) is 0 Å². The minimum atomic E-state index is -2.67. The molecule has 126 valence electrons. The van der Waals surface area contributed by atoms with E-state index in [0.717, 1.165) is 0 Å². The number of nitrogens with one attached hydrogen (secondary N) is 2. The predicted molar refractivity (Wildman–Crippen MR) is 89.5 cm³/mol. The van der Waals surface area contributed by atoms with Crippen LogP contribution in [0.15, 0.2) is 41.6 Å². The van der Waals surface area contributed by atoms with E-state index in [9.17, 15) is 18.4 Å². The third kappa shape index (κ3) is 4.51. The molecule has 0 fully saturated rings. The van der Waals surface area contributed by atoms with Crippen LogP contribution >= 0.6 is 11.8 Å². The number of carbonyl (C=O) groups excluding carboxylic acids is 2. The Balaban J connectivity index is 2.26. The summed E-state index contributed by atoms with van der Waals surface area (Å²) in [6, 6.07) is 7.97. The van der Waals surface area contributed by atoms with Gasteiger partial charge in [-0.1, -0.05) is 6.07 Å². The highest BCUT2D eigenvalue weighted by atomic mass is 32.2. The van der Waals surface area contributed by atoms with Crippen molar-refractivity contribution in [1.82, 2.24) is 4.98 Å². The number of benzene rings is 1. The van der Waals surface area contributed by atoms with Gasteiger partial charge in [0.1, 0.15) is 5.03 Å². The van der Waals surface area contributed by atoms with E-state index in [-0.39, 0.29) is 28.3 Å². The summed E-state index contributed by atoms with van der Waals surface area (Å²) >= 11 is 0.217. The van der Waals surface area contributed by atoms with Crippen LogP contribution in [-0.2, 0) is 4.79 Å². The number of carbonyl (C=O) groups is 2. The maximum absolute atomic E-state index is 12.6. The van der Waals surface area contributed by atoms with E-state index < -0.39 is 11.7 Å². The summed E-state index contributed by atoms with van der Waals surface area (Å²) < 4.78 is 25.2. The highest BCUT2D eigenvalue weighted by Crippen LogP contribution is 2.28. The van der Waals surface area contributed by atoms with Gasteiger partial charge in [-0.25, -0.2) is 4.98 Å². The van der Waals surface area contributed by atoms with Crippen molar-refractivity contribution in [2.24, 2.45) is 0 Å². The Morgan fingerprint density at radius 1 is 1.12 bits per heavy atom. The van der Waals surface area contributed by atoms with E-state index >= 15 is 0 Å². The van der Waals surface area contributed by atoms with Crippen molar-refractivity contribution in [2.75, 3.05) is 10.6 Å². The highest BCUT2D eigenvalue weighted by molar-refractivity contribution is 7.99. The average molecular weight is 351 g/mol. The molecule has 2 rings (SSSR count). The minimum absolute atomic E-state index is 0.0410. The summed E-state index contributed by atoms with van der Waals surface area (Å²) in [5.74, 6) is -3.45. The molecule has 0 aliphatic carbocycles. The lowest BCUT2D eigenvalue weighted by Crippen LogP contribution is -2.15. The zero-order valence-electron chi connectivity index (χ0n) is 13.0. The normalized spacial score (nSPS) is 10.5. The molecule has 0 radical (unpaired) electrons. The first-order chi connectivity index (χ1) is 11.4. The van der Waals surface area contributed by atoms with Gasteiger partial charge in [0.15, 0.2) is 0 Å². The summed E-state index contributed by atoms with van der Waals surface area (Å²) in [7, 11) is 0. The molecule has 5 nitrogen and oxygen atoms in total. The Morgan fingerprint density at radius 3 is 2.42 bits per heavy atom. The standard InChI is InChI=1S/C16H15F2N3O2S/c1-9-12(20-10(2)22)6-3-7-13(9)21-14(23)11-5-4-8-19-15(11)24-16(17)18/h3-8,16H,1-2H3,(H,20,22)(H,21,23). The van der Waals surface area contributed by atoms with E-state index in [2.05, 4.69) is 15.6 Å². The number of rotatable bonds is 5. The molecule has 0 atom stereocenters. The van der Waals surface area contributed by atoms with Crippen LogP contribution in [0.25, 0.3) is 0 Å². The molecule has 2 amide bonds. The summed E-state index contributed by atoms with van der Waals surface area (Å²) in [4.78, 5) is 27.4. The Bertz CT molecular complexity index is 769. The van der Waals surface area contributed by atoms with Crippen molar-refractivity contribution < 1.29 is 18.4 Å². The second-order valence-corrected chi connectivity index (χ2v) is 5.83. The quantitative estimate of drug-likeness (QED) is 0.801. The third-order valence-corrected chi connectivity index (χ3v) is 3.84. The van der Waals surface area contributed by atoms with Crippen LogP contribution in [0.5, 0.6) is 0 Å². The fourth-order valence-electron chi connectivity index (χ4n) is 2.03. The SMILES string of the molecule is CC(=O)Nc1cccc(NC(=O)c2cccnc2SC(F)F)c1C. The van der Waals surface area contributed by atoms with Gasteiger partial charge in [-0.15, -0.1) is 0 Å². The number of amides is 2. The van der Waals surface area contributed by atoms with Gasteiger partial charge >= 0.3 is 0 Å². The van der Waals surface area contributed by atoms with Crippen LogP contribution in [0.1, 0.15) is 22.8 Å². The fraction of sp³-hybridized carbons (Fsp3) is 0.188. The maximum atomic E-state index is 12.6. The lowest BCUT2D eigenvalue weighted by atomic mass is 10.1. The Hall–Kier alpha value is -2.48. The van der Waals surface area contributed by atoms with Crippen molar-refractivity contribution in [2.45, 2.75) is 24.6 Å². The van der Waals surface area contributed by atoms with Gasteiger partial charge in [0.2, 0.25) is 5.91 Å². The van der Waals surface area contributed by atoms with Crippen molar-refractivity contribution in [3.8, 4) is 0 Å². The number of aromatic nitrogens is 1. The molecule has 2 aromatic rings. The zero-order chi connectivity index (χ0) is 17.7. The number of nitrogens with zero attached hydrogens (tertiary/aromatic N) is 1. The molecule has 8 heteroatoms. The minimum Gasteiger partial charge on any atom is -0.326 e. The molecular formula is C16H15F2N3O2S. The molecule has 0 bridgehead atoms. The van der Waals surface area contributed by atoms with Crippen LogP contribution in [0.3, 0.4) is 0 Å². The molecule has 2 N–H and O–H groups in total. The van der Waals surface area contributed by atoms with E-state index in [0.29, 0.717) is 16.9 Å². The number of anilines is 2. The largest absolute Gasteiger partial charge is 0.326 e. The summed E-state index contributed by atoms with van der Waals surface area (Å²) in [6.07, 6.45) is 1.35. The number of alkyl halides is 2. The molecule has 0 saturated heterocycles. The molecule has 0 aliphatic rings. The third-order valence-electron chi connectivity index (χ3n) is 3.11. The Labute approximate surface area is 141 Å². The van der Waals surface area contributed by atoms with Crippen LogP contribution < -0.4 is 10.6 Å². The molecule has 0 aliphatic heterocycles. The number of hydrogen-bond donors (Lipinski definition) is 2. The lowest BCUT2D eigenvalue weighted by molar-refractivity contribution is -0.114. The molecule has 1 aromatic heterocycles. The first-order valence-corrected chi connectivity index (χ1v) is 7.85. The van der Waals surface area contributed by atoms with Crippen LogP contribution in [-0.4, -0.2) is 22.6 Å². The van der Waals surface area contributed by atoms with Gasteiger partial charge in [-0.3, -0.25) is 9.59 Å². The highest BCUT2D eigenvalue weighted by Gasteiger charge is 2.17. The molecule has 0 saturated carbocycles. The van der Waals surface area contributed by atoms with E-state index in [1.165, 1.54) is 25.3 Å². The fourth-order valence-corrected chi connectivity index (χ4v) is 2.61. The summed E-state index contributed by atoms with van der Waals surface area (Å²) in [5.41, 5.74) is 1.76. The average Bonchev–Trinajstić information content (AvgIpc) is 2.50. The first kappa shape index (κ1) is 17.9. The molecular weight excluding hydrogens is 336 g/mol. The van der Waals surface area contributed by atoms with Crippen molar-refractivity contribution in [3.63, 3.8) is 0 Å². The molecule has 0 unspecified atom stereocenters. The van der Waals surface area contributed by atoms with Gasteiger partial charge in [0, 0.05) is 24.5 Å². The second kappa shape index (κ2) is 7.87. The van der Waals surface area contributed by atoms with Crippen molar-refractivity contribution in [1.29, 1.82) is 0 Å². The Kier molecular flexibility index (Phi) is 5.86. The number of pyridine rings is 1. The molecule has 0 spiro atoms. The predicted octanol–water partition coefficient (Wildman–Crippen LogP) is 3.92. The number of thioether (sulfide) groups is 1. The summed E-state index contributed by atoms with van der Waals surface area (Å²) in [5, 5.41) is 5.28. The monoisotopic (exact) mass is 351 g/mol. The number of halogens is 2. The lowest BCUT2D eigenvalue weighted by Gasteiger charge is -2.13. The van der Waals surface area contributed by atoms with Gasteiger partial charge in [-0.05, 0) is 48.5 Å². The van der Waals surface area contributed by atoms with E-state index in [1.54, 1.807) is 25.1 Å². The van der Waals surface area contributed by atoms with E-state index in [1.807, 2.05) is 0 Å². The zero-order valence-corrected chi connectivity index (χ0v) is 13.8. The van der Waals surface area contributed by atoms with Crippen molar-refractivity contribution >= 4 is 35.0 Å². The van der Waals surface area contributed by atoms with Crippen molar-refractivity contribution in [3.05, 3.63) is 47.7 Å². The smallest absolute Gasteiger partial charge is 0.290 e. The van der Waals surface area contributed by atoms with Gasteiger partial charge < -0.3 is 10.6 Å². The molecule has 24 heavy (non-hydrogen) atoms. The van der Waals surface area contributed by atoms with Gasteiger partial charge in [0.05, 0.1) is 5.56 Å². The second-order valence-electron chi connectivity index (χ2n) is 4.85. The maximum Gasteiger partial charge on any atom is 0.290 e. The first-order valence-electron chi connectivity index (χ1n) is 6.97. The number of hydrogen-bond acceptors (Lipinski definition) is 4. The Morgan fingerprint density at radius 2 is 1.79 bits per heavy atom. The van der Waals surface area contributed by atoms with Crippen LogP contribution in [0, 0.1) is 6.92 Å². The van der Waals surface area contributed by atoms with Gasteiger partial charge in [-0.2, -0.15) is 8.78 Å². The topological polar surface area (TPSA) is 71.1 Å². The summed E-state index contributed by atoms with van der Waals surface area (Å²) in [6.45, 7) is 3.12.